The van der Waals surface area contributed by atoms with Gasteiger partial charge in [-0.1, -0.05) is 6.08 Å². The van der Waals surface area contributed by atoms with E-state index in [4.69, 9.17) is 18.9 Å². The number of benzene rings is 1. The van der Waals surface area contributed by atoms with E-state index in [1.165, 1.54) is 28.4 Å². The summed E-state index contributed by atoms with van der Waals surface area (Å²) >= 11 is 0. The minimum absolute atomic E-state index is 0.428. The number of rotatable bonds is 8. The first-order valence-electron chi connectivity index (χ1n) is 6.34. The monoisotopic (exact) mass is 295 g/mol. The van der Waals surface area contributed by atoms with Crippen LogP contribution in [0.5, 0.6) is 17.2 Å². The van der Waals surface area contributed by atoms with Crippen LogP contribution in [0.25, 0.3) is 0 Å². The molecule has 1 aromatic rings. The third kappa shape index (κ3) is 3.88. The van der Waals surface area contributed by atoms with Gasteiger partial charge in [0.1, 0.15) is 11.8 Å². The van der Waals surface area contributed by atoms with Crippen molar-refractivity contribution < 1.29 is 23.7 Å². The van der Waals surface area contributed by atoms with Crippen molar-refractivity contribution in [2.45, 2.75) is 6.04 Å². The van der Waals surface area contributed by atoms with Crippen molar-refractivity contribution in [3.05, 3.63) is 30.4 Å². The van der Waals surface area contributed by atoms with E-state index in [1.807, 2.05) is 0 Å². The minimum Gasteiger partial charge on any atom is -0.496 e. The fourth-order valence-corrected chi connectivity index (χ4v) is 1.92. The number of hydrogen-bond donors (Lipinski definition) is 1. The molecule has 21 heavy (non-hydrogen) atoms. The first-order chi connectivity index (χ1) is 10.1. The Labute approximate surface area is 124 Å². The molecule has 1 unspecified atom stereocenters. The molecule has 1 rings (SSSR count). The van der Waals surface area contributed by atoms with E-state index >= 15 is 0 Å². The van der Waals surface area contributed by atoms with Crippen molar-refractivity contribution in [2.75, 3.05) is 35.0 Å². The number of carbonyl (C=O) groups excluding carboxylic acids is 1. The van der Waals surface area contributed by atoms with E-state index in [0.717, 1.165) is 0 Å². The van der Waals surface area contributed by atoms with E-state index in [0.29, 0.717) is 29.4 Å². The molecule has 1 aromatic carbocycles. The minimum atomic E-state index is -0.692. The molecule has 0 amide bonds. The number of methoxy groups -OCH3 is 4. The van der Waals surface area contributed by atoms with Gasteiger partial charge in [0.2, 0.25) is 0 Å². The summed E-state index contributed by atoms with van der Waals surface area (Å²) in [5.41, 5.74) is 0.601. The van der Waals surface area contributed by atoms with Crippen molar-refractivity contribution in [1.29, 1.82) is 0 Å². The van der Waals surface area contributed by atoms with Gasteiger partial charge in [0.15, 0.2) is 11.5 Å². The summed E-state index contributed by atoms with van der Waals surface area (Å²) in [6.07, 6.45) is 1.66. The normalized spacial score (nSPS) is 11.4. The Morgan fingerprint density at radius 2 is 1.71 bits per heavy atom. The quantitative estimate of drug-likeness (QED) is 0.582. The highest BCUT2D eigenvalue weighted by molar-refractivity contribution is 5.79. The molecule has 0 aromatic heterocycles. The number of nitrogens with one attached hydrogen (secondary N) is 1. The first-order valence-corrected chi connectivity index (χ1v) is 6.34. The van der Waals surface area contributed by atoms with Gasteiger partial charge in [0.05, 0.1) is 28.4 Å². The summed E-state index contributed by atoms with van der Waals surface area (Å²) in [6, 6.07) is 2.66. The number of esters is 1. The molecule has 0 spiro atoms. The topological polar surface area (TPSA) is 66.0 Å². The standard InChI is InChI=1S/C15H21NO5/c1-6-7-16-14(15(17)21-5)10-8-12(19-3)13(20-4)9-11(10)18-2/h6,8-9,14,16H,1,7H2,2-5H3. The predicted octanol–water partition coefficient (Wildman–Crippen LogP) is 1.70. The van der Waals surface area contributed by atoms with Crippen LogP contribution >= 0.6 is 0 Å². The second kappa shape index (κ2) is 8.16. The fourth-order valence-electron chi connectivity index (χ4n) is 1.92. The van der Waals surface area contributed by atoms with Crippen LogP contribution in [0.2, 0.25) is 0 Å². The van der Waals surface area contributed by atoms with E-state index in [-0.39, 0.29) is 0 Å². The Morgan fingerprint density at radius 3 is 2.19 bits per heavy atom. The van der Waals surface area contributed by atoms with Gasteiger partial charge < -0.3 is 18.9 Å². The smallest absolute Gasteiger partial charge is 0.327 e. The van der Waals surface area contributed by atoms with Gasteiger partial charge in [0.25, 0.3) is 0 Å². The Morgan fingerprint density at radius 1 is 1.14 bits per heavy atom. The Kier molecular flexibility index (Phi) is 6.55. The largest absolute Gasteiger partial charge is 0.496 e. The van der Waals surface area contributed by atoms with Crippen LogP contribution in [0.3, 0.4) is 0 Å². The van der Waals surface area contributed by atoms with Gasteiger partial charge in [-0.05, 0) is 6.07 Å². The Bertz CT molecular complexity index is 501. The molecule has 0 aliphatic heterocycles. The van der Waals surface area contributed by atoms with Gasteiger partial charge in [-0.15, -0.1) is 6.58 Å². The summed E-state index contributed by atoms with van der Waals surface area (Å²) in [5, 5.41) is 3.03. The van der Waals surface area contributed by atoms with Gasteiger partial charge in [0, 0.05) is 18.2 Å². The molecule has 0 fully saturated rings. The Balaban J connectivity index is 3.33. The maximum Gasteiger partial charge on any atom is 0.327 e. The molecule has 0 saturated carbocycles. The molecule has 0 heterocycles. The highest BCUT2D eigenvalue weighted by Gasteiger charge is 2.26. The zero-order valence-corrected chi connectivity index (χ0v) is 12.8. The number of hydrogen-bond acceptors (Lipinski definition) is 6. The average molecular weight is 295 g/mol. The zero-order chi connectivity index (χ0) is 15.8. The van der Waals surface area contributed by atoms with Crippen LogP contribution in [0.4, 0.5) is 0 Å². The molecule has 6 nitrogen and oxygen atoms in total. The lowest BCUT2D eigenvalue weighted by Crippen LogP contribution is -2.30. The van der Waals surface area contributed by atoms with Crippen LogP contribution in [0.15, 0.2) is 24.8 Å². The maximum atomic E-state index is 12.0. The summed E-state index contributed by atoms with van der Waals surface area (Å²) in [5.74, 6) is 1.09. The lowest BCUT2D eigenvalue weighted by Gasteiger charge is -2.20. The molecular weight excluding hydrogens is 274 g/mol. The lowest BCUT2D eigenvalue weighted by atomic mass is 10.0. The van der Waals surface area contributed by atoms with Crippen LogP contribution in [-0.2, 0) is 9.53 Å². The van der Waals surface area contributed by atoms with Crippen molar-refractivity contribution in [2.24, 2.45) is 0 Å². The molecule has 0 bridgehead atoms. The SMILES string of the molecule is C=CCNC(C(=O)OC)c1cc(OC)c(OC)cc1OC. The molecule has 1 atom stereocenters. The molecule has 0 aliphatic carbocycles. The van der Waals surface area contributed by atoms with Crippen LogP contribution in [0, 0.1) is 0 Å². The van der Waals surface area contributed by atoms with E-state index in [2.05, 4.69) is 11.9 Å². The van der Waals surface area contributed by atoms with Crippen molar-refractivity contribution in [3.8, 4) is 17.2 Å². The zero-order valence-electron chi connectivity index (χ0n) is 12.8. The maximum absolute atomic E-state index is 12.0. The Hall–Kier alpha value is -2.21. The average Bonchev–Trinajstić information content (AvgIpc) is 2.53. The molecule has 116 valence electrons. The summed E-state index contributed by atoms with van der Waals surface area (Å²) in [7, 11) is 5.91. The molecule has 6 heteroatoms. The van der Waals surface area contributed by atoms with E-state index in [1.54, 1.807) is 18.2 Å². The molecule has 0 aliphatic rings. The molecule has 1 N–H and O–H groups in total. The highest BCUT2D eigenvalue weighted by atomic mass is 16.5. The van der Waals surface area contributed by atoms with Gasteiger partial charge in [-0.3, -0.25) is 5.32 Å². The van der Waals surface area contributed by atoms with Crippen LogP contribution < -0.4 is 19.5 Å². The lowest BCUT2D eigenvalue weighted by molar-refractivity contribution is -0.143. The van der Waals surface area contributed by atoms with Crippen molar-refractivity contribution in [3.63, 3.8) is 0 Å². The van der Waals surface area contributed by atoms with Gasteiger partial charge in [-0.2, -0.15) is 0 Å². The fraction of sp³-hybridized carbons (Fsp3) is 0.400. The van der Waals surface area contributed by atoms with E-state index < -0.39 is 12.0 Å². The van der Waals surface area contributed by atoms with Gasteiger partial charge >= 0.3 is 5.97 Å². The predicted molar refractivity (Wildman–Crippen MR) is 79.1 cm³/mol. The van der Waals surface area contributed by atoms with E-state index in [9.17, 15) is 4.79 Å². The summed E-state index contributed by atoms with van der Waals surface area (Å²) in [6.45, 7) is 4.07. The van der Waals surface area contributed by atoms with Gasteiger partial charge in [-0.25, -0.2) is 4.79 Å². The molecule has 0 radical (unpaired) electrons. The first kappa shape index (κ1) is 16.8. The van der Waals surface area contributed by atoms with Crippen molar-refractivity contribution in [1.82, 2.24) is 5.32 Å². The third-order valence-corrected chi connectivity index (χ3v) is 2.95. The second-order valence-corrected chi connectivity index (χ2v) is 4.10. The highest BCUT2D eigenvalue weighted by Crippen LogP contribution is 2.37. The number of ether oxygens (including phenoxy) is 4. The van der Waals surface area contributed by atoms with Crippen LogP contribution in [-0.4, -0.2) is 41.0 Å². The summed E-state index contributed by atoms with van der Waals surface area (Å²) in [4.78, 5) is 12.0. The molecule has 0 saturated heterocycles. The van der Waals surface area contributed by atoms with Crippen LogP contribution in [0.1, 0.15) is 11.6 Å². The third-order valence-electron chi connectivity index (χ3n) is 2.95. The second-order valence-electron chi connectivity index (χ2n) is 4.10. The molecular formula is C15H21NO5. The van der Waals surface area contributed by atoms with Crippen molar-refractivity contribution >= 4 is 5.97 Å². The number of carbonyl (C=O) groups is 1. The summed E-state index contributed by atoms with van der Waals surface area (Å²) < 4.78 is 20.7.